The summed E-state index contributed by atoms with van der Waals surface area (Å²) in [6, 6.07) is 0.324. The number of unbranched alkanes of at least 4 members (excludes halogenated alkanes) is 11. The van der Waals surface area contributed by atoms with Gasteiger partial charge in [0, 0.05) is 25.4 Å². The Balaban J connectivity index is 4.15. The fourth-order valence-corrected chi connectivity index (χ4v) is 4.10. The minimum atomic E-state index is -0.685. The number of carbonyl (C=O) groups excluding carboxylic acids is 1. The number of carboxylic acid groups (broad SMARTS) is 1. The molecule has 0 aromatic heterocycles. The van der Waals surface area contributed by atoms with E-state index in [4.69, 9.17) is 5.11 Å². The molecule has 1 unspecified atom stereocenters. The van der Waals surface area contributed by atoms with Gasteiger partial charge in [-0.1, -0.05) is 77.6 Å². The molecule has 0 fully saturated rings. The van der Waals surface area contributed by atoms with Gasteiger partial charge in [-0.15, -0.1) is 0 Å². The van der Waals surface area contributed by atoms with Crippen molar-refractivity contribution in [1.82, 2.24) is 9.80 Å². The van der Waals surface area contributed by atoms with E-state index in [-0.39, 0.29) is 0 Å². The monoisotopic (exact) mass is 440 g/mol. The molecule has 0 saturated heterocycles. The Morgan fingerprint density at radius 2 is 1.23 bits per heavy atom. The van der Waals surface area contributed by atoms with Gasteiger partial charge in [0.15, 0.2) is 0 Å². The van der Waals surface area contributed by atoms with Crippen LogP contribution in [-0.4, -0.2) is 60.0 Å². The standard InChI is InChI=1S/C26H52N2O3/c1-5-6-7-8-13-16-20-25(29)28(23-18-22-27(3)4)24(2)19-15-12-10-9-11-14-17-21-26(30)31/h24H,5-23H2,1-4H3,(H,30,31). The lowest BCUT2D eigenvalue weighted by molar-refractivity contribution is -0.137. The second kappa shape index (κ2) is 20.8. The zero-order valence-corrected chi connectivity index (χ0v) is 21.2. The molecule has 5 heteroatoms. The number of hydrogen-bond donors (Lipinski definition) is 1. The van der Waals surface area contributed by atoms with Crippen LogP contribution in [0.25, 0.3) is 0 Å². The highest BCUT2D eigenvalue weighted by Gasteiger charge is 2.19. The molecule has 0 aliphatic heterocycles. The lowest BCUT2D eigenvalue weighted by atomic mass is 10.0. The van der Waals surface area contributed by atoms with Crippen LogP contribution < -0.4 is 0 Å². The Labute approximate surface area is 192 Å². The molecule has 0 radical (unpaired) electrons. The average molecular weight is 441 g/mol. The smallest absolute Gasteiger partial charge is 0.303 e. The molecule has 0 heterocycles. The normalized spacial score (nSPS) is 12.3. The molecular formula is C26H52N2O3. The first-order chi connectivity index (χ1) is 14.9. The fraction of sp³-hybridized carbons (Fsp3) is 0.923. The zero-order valence-electron chi connectivity index (χ0n) is 21.2. The summed E-state index contributed by atoms with van der Waals surface area (Å²) in [7, 11) is 4.18. The predicted octanol–water partition coefficient (Wildman–Crippen LogP) is 6.50. The van der Waals surface area contributed by atoms with Crippen LogP contribution in [0.15, 0.2) is 0 Å². The summed E-state index contributed by atoms with van der Waals surface area (Å²) in [5.74, 6) is -0.338. The molecule has 31 heavy (non-hydrogen) atoms. The third-order valence-corrected chi connectivity index (χ3v) is 6.11. The van der Waals surface area contributed by atoms with Crippen molar-refractivity contribution in [2.75, 3.05) is 27.2 Å². The molecule has 0 spiro atoms. The second-order valence-electron chi connectivity index (χ2n) is 9.52. The molecule has 1 N–H and O–H groups in total. The van der Waals surface area contributed by atoms with Crippen molar-refractivity contribution in [3.05, 3.63) is 0 Å². The van der Waals surface area contributed by atoms with Crippen molar-refractivity contribution < 1.29 is 14.7 Å². The molecule has 0 aromatic carbocycles. The first kappa shape index (κ1) is 29.9. The van der Waals surface area contributed by atoms with Crippen LogP contribution in [0.1, 0.15) is 123 Å². The van der Waals surface area contributed by atoms with Gasteiger partial charge in [0.05, 0.1) is 0 Å². The van der Waals surface area contributed by atoms with Gasteiger partial charge >= 0.3 is 5.97 Å². The first-order valence-corrected chi connectivity index (χ1v) is 13.0. The third kappa shape index (κ3) is 19.3. The molecule has 5 nitrogen and oxygen atoms in total. The number of hydrogen-bond acceptors (Lipinski definition) is 3. The summed E-state index contributed by atoms with van der Waals surface area (Å²) >= 11 is 0. The summed E-state index contributed by atoms with van der Waals surface area (Å²) in [6.07, 6.45) is 18.2. The lowest BCUT2D eigenvalue weighted by Crippen LogP contribution is -2.40. The van der Waals surface area contributed by atoms with Gasteiger partial charge in [0.25, 0.3) is 0 Å². The topological polar surface area (TPSA) is 60.9 Å². The van der Waals surface area contributed by atoms with Crippen molar-refractivity contribution in [1.29, 1.82) is 0 Å². The molecule has 0 aliphatic rings. The summed E-state index contributed by atoms with van der Waals surface area (Å²) in [5, 5.41) is 8.66. The van der Waals surface area contributed by atoms with Gasteiger partial charge in [0.1, 0.15) is 0 Å². The Morgan fingerprint density at radius 1 is 0.710 bits per heavy atom. The molecule has 1 amide bonds. The van der Waals surface area contributed by atoms with E-state index in [0.29, 0.717) is 24.8 Å². The molecule has 0 saturated carbocycles. The van der Waals surface area contributed by atoms with E-state index < -0.39 is 5.97 Å². The SMILES string of the molecule is CCCCCCCCC(=O)N(CCCN(C)C)C(C)CCCCCCCCCC(=O)O. The highest BCUT2D eigenvalue weighted by atomic mass is 16.4. The van der Waals surface area contributed by atoms with Gasteiger partial charge in [0.2, 0.25) is 5.91 Å². The average Bonchev–Trinajstić information content (AvgIpc) is 2.71. The van der Waals surface area contributed by atoms with Crippen LogP contribution in [-0.2, 0) is 9.59 Å². The van der Waals surface area contributed by atoms with Gasteiger partial charge in [-0.3, -0.25) is 9.59 Å². The van der Waals surface area contributed by atoms with Gasteiger partial charge in [-0.2, -0.15) is 0 Å². The minimum absolute atomic E-state index is 0.300. The summed E-state index contributed by atoms with van der Waals surface area (Å²) in [6.45, 7) is 6.35. The van der Waals surface area contributed by atoms with Crippen LogP contribution in [0.5, 0.6) is 0 Å². The van der Waals surface area contributed by atoms with E-state index >= 15 is 0 Å². The number of carbonyl (C=O) groups is 2. The second-order valence-corrected chi connectivity index (χ2v) is 9.52. The van der Waals surface area contributed by atoms with Crippen LogP contribution in [0, 0.1) is 0 Å². The van der Waals surface area contributed by atoms with E-state index in [1.165, 1.54) is 57.8 Å². The summed E-state index contributed by atoms with van der Waals surface area (Å²) < 4.78 is 0. The number of aliphatic carboxylic acids is 1. The van der Waals surface area contributed by atoms with Crippen LogP contribution in [0.2, 0.25) is 0 Å². The van der Waals surface area contributed by atoms with Crippen molar-refractivity contribution in [2.45, 2.75) is 129 Å². The van der Waals surface area contributed by atoms with Crippen LogP contribution >= 0.6 is 0 Å². The largest absolute Gasteiger partial charge is 0.481 e. The van der Waals surface area contributed by atoms with Crippen molar-refractivity contribution >= 4 is 11.9 Å². The van der Waals surface area contributed by atoms with Crippen LogP contribution in [0.4, 0.5) is 0 Å². The Hall–Kier alpha value is -1.10. The quantitative estimate of drug-likeness (QED) is 0.195. The van der Waals surface area contributed by atoms with Crippen molar-refractivity contribution in [2.24, 2.45) is 0 Å². The number of amides is 1. The summed E-state index contributed by atoms with van der Waals surface area (Å²) in [4.78, 5) is 27.8. The maximum Gasteiger partial charge on any atom is 0.303 e. The molecule has 0 aromatic rings. The molecule has 1 atom stereocenters. The highest BCUT2D eigenvalue weighted by molar-refractivity contribution is 5.76. The van der Waals surface area contributed by atoms with E-state index in [9.17, 15) is 9.59 Å². The van der Waals surface area contributed by atoms with Crippen molar-refractivity contribution in [3.63, 3.8) is 0 Å². The Kier molecular flexibility index (Phi) is 20.0. The van der Waals surface area contributed by atoms with E-state index in [2.05, 4.69) is 37.7 Å². The predicted molar refractivity (Wildman–Crippen MR) is 132 cm³/mol. The van der Waals surface area contributed by atoms with Crippen LogP contribution in [0.3, 0.4) is 0 Å². The molecular weight excluding hydrogens is 388 g/mol. The fourth-order valence-electron chi connectivity index (χ4n) is 4.10. The summed E-state index contributed by atoms with van der Waals surface area (Å²) in [5.41, 5.74) is 0. The van der Waals surface area contributed by atoms with E-state index in [1.54, 1.807) is 0 Å². The lowest BCUT2D eigenvalue weighted by Gasteiger charge is -2.30. The maximum absolute atomic E-state index is 12.9. The molecule has 0 bridgehead atoms. The Morgan fingerprint density at radius 3 is 1.77 bits per heavy atom. The molecule has 0 aliphatic carbocycles. The Bertz CT molecular complexity index is 440. The minimum Gasteiger partial charge on any atom is -0.481 e. The number of rotatable bonds is 22. The van der Waals surface area contributed by atoms with Gasteiger partial charge < -0.3 is 14.9 Å². The van der Waals surface area contributed by atoms with Gasteiger partial charge in [-0.05, 0) is 53.2 Å². The zero-order chi connectivity index (χ0) is 23.3. The third-order valence-electron chi connectivity index (χ3n) is 6.11. The molecule has 0 rings (SSSR count). The first-order valence-electron chi connectivity index (χ1n) is 13.0. The van der Waals surface area contributed by atoms with Crippen molar-refractivity contribution in [3.8, 4) is 0 Å². The van der Waals surface area contributed by atoms with E-state index in [0.717, 1.165) is 51.6 Å². The number of carboxylic acids is 1. The molecule has 184 valence electrons. The maximum atomic E-state index is 12.9. The van der Waals surface area contributed by atoms with Gasteiger partial charge in [-0.25, -0.2) is 0 Å². The number of nitrogens with zero attached hydrogens (tertiary/aromatic N) is 2. The highest BCUT2D eigenvalue weighted by Crippen LogP contribution is 2.16. The van der Waals surface area contributed by atoms with E-state index in [1.807, 2.05) is 0 Å².